The summed E-state index contributed by atoms with van der Waals surface area (Å²) in [5.41, 5.74) is 0.565. The van der Waals surface area contributed by atoms with Crippen LogP contribution in [-0.4, -0.2) is 30.6 Å². The maximum Gasteiger partial charge on any atom is 0.129 e. The van der Waals surface area contributed by atoms with Gasteiger partial charge in [-0.05, 0) is 45.0 Å². The summed E-state index contributed by atoms with van der Waals surface area (Å²) < 4.78 is 13.6. The monoisotopic (exact) mass is 284 g/mol. The molecule has 0 amide bonds. The van der Waals surface area contributed by atoms with Gasteiger partial charge in [-0.25, -0.2) is 4.39 Å². The van der Waals surface area contributed by atoms with Gasteiger partial charge in [0.2, 0.25) is 0 Å². The molecule has 1 aliphatic heterocycles. The van der Waals surface area contributed by atoms with Gasteiger partial charge in [-0.1, -0.05) is 24.1 Å². The highest BCUT2D eigenvalue weighted by atomic mass is 35.5. The van der Waals surface area contributed by atoms with Gasteiger partial charge in [0.05, 0.1) is 0 Å². The van der Waals surface area contributed by atoms with E-state index in [2.05, 4.69) is 17.1 Å². The normalized spacial score (nSPS) is 18.5. The van der Waals surface area contributed by atoms with Gasteiger partial charge in [0.25, 0.3) is 0 Å². The van der Waals surface area contributed by atoms with E-state index in [1.54, 1.807) is 12.1 Å². The molecule has 0 aliphatic carbocycles. The highest BCUT2D eigenvalue weighted by Gasteiger charge is 2.16. The average Bonchev–Trinajstić information content (AvgIpc) is 2.43. The second kappa shape index (κ2) is 7.22. The van der Waals surface area contributed by atoms with E-state index in [0.29, 0.717) is 23.2 Å². The van der Waals surface area contributed by atoms with Crippen LogP contribution < -0.4 is 5.32 Å². The summed E-state index contributed by atoms with van der Waals surface area (Å²) in [5, 5.41) is 3.81. The molecule has 0 spiro atoms. The van der Waals surface area contributed by atoms with Crippen LogP contribution in [-0.2, 0) is 6.54 Å². The van der Waals surface area contributed by atoms with E-state index < -0.39 is 0 Å². The van der Waals surface area contributed by atoms with Crippen molar-refractivity contribution in [3.63, 3.8) is 0 Å². The molecule has 1 aromatic rings. The molecule has 1 atom stereocenters. The molecular formula is C15H22ClFN2. The Bertz CT molecular complexity index is 385. The first kappa shape index (κ1) is 14.8. The van der Waals surface area contributed by atoms with Crippen molar-refractivity contribution in [1.29, 1.82) is 0 Å². The summed E-state index contributed by atoms with van der Waals surface area (Å²) in [6.45, 7) is 5.95. The molecular weight excluding hydrogens is 263 g/mol. The molecule has 1 heterocycles. The molecule has 106 valence electrons. The van der Waals surface area contributed by atoms with Crippen LogP contribution in [0.3, 0.4) is 0 Å². The molecule has 0 aromatic heterocycles. The van der Waals surface area contributed by atoms with Crippen molar-refractivity contribution < 1.29 is 4.39 Å². The summed E-state index contributed by atoms with van der Waals surface area (Å²) in [7, 11) is 0. The van der Waals surface area contributed by atoms with Crippen LogP contribution >= 0.6 is 11.6 Å². The first-order valence-corrected chi connectivity index (χ1v) is 7.44. The summed E-state index contributed by atoms with van der Waals surface area (Å²) in [5.74, 6) is -0.231. The lowest BCUT2D eigenvalue weighted by molar-refractivity contribution is 0.170. The number of nitrogens with zero attached hydrogens (tertiary/aromatic N) is 1. The van der Waals surface area contributed by atoms with Crippen LogP contribution in [0.15, 0.2) is 18.2 Å². The molecule has 0 bridgehead atoms. The number of piperidine rings is 1. The van der Waals surface area contributed by atoms with E-state index in [1.807, 2.05) is 0 Å². The van der Waals surface area contributed by atoms with Gasteiger partial charge >= 0.3 is 0 Å². The topological polar surface area (TPSA) is 15.3 Å². The van der Waals surface area contributed by atoms with Crippen LogP contribution in [0.5, 0.6) is 0 Å². The lowest BCUT2D eigenvalue weighted by atomic mass is 10.1. The van der Waals surface area contributed by atoms with Crippen LogP contribution in [0.1, 0.15) is 31.7 Å². The Kier molecular flexibility index (Phi) is 5.61. The highest BCUT2D eigenvalue weighted by molar-refractivity contribution is 6.31. The number of nitrogens with one attached hydrogen (secondary N) is 1. The van der Waals surface area contributed by atoms with Crippen LogP contribution in [0.4, 0.5) is 4.39 Å². The number of rotatable bonds is 5. The smallest absolute Gasteiger partial charge is 0.129 e. The molecule has 4 heteroatoms. The zero-order valence-corrected chi connectivity index (χ0v) is 12.2. The van der Waals surface area contributed by atoms with Gasteiger partial charge in [0, 0.05) is 29.7 Å². The van der Waals surface area contributed by atoms with E-state index >= 15 is 0 Å². The van der Waals surface area contributed by atoms with Gasteiger partial charge in [-0.3, -0.25) is 4.90 Å². The molecule has 1 N–H and O–H groups in total. The zero-order chi connectivity index (χ0) is 13.7. The van der Waals surface area contributed by atoms with E-state index in [4.69, 9.17) is 11.6 Å². The van der Waals surface area contributed by atoms with Gasteiger partial charge in [0.1, 0.15) is 5.82 Å². The molecule has 19 heavy (non-hydrogen) atoms. The van der Waals surface area contributed by atoms with E-state index in [1.165, 1.54) is 38.4 Å². The van der Waals surface area contributed by atoms with Crippen LogP contribution in [0.2, 0.25) is 5.02 Å². The Labute approximate surface area is 119 Å². The van der Waals surface area contributed by atoms with Crippen molar-refractivity contribution in [3.8, 4) is 0 Å². The lowest BCUT2D eigenvalue weighted by Crippen LogP contribution is -2.43. The van der Waals surface area contributed by atoms with Gasteiger partial charge in [0.15, 0.2) is 0 Å². The molecule has 1 aliphatic rings. The molecule has 1 aromatic carbocycles. The van der Waals surface area contributed by atoms with E-state index in [0.717, 1.165) is 6.54 Å². The number of likely N-dealkylation sites (tertiary alicyclic amines) is 1. The largest absolute Gasteiger partial charge is 0.311 e. The summed E-state index contributed by atoms with van der Waals surface area (Å²) in [4.78, 5) is 2.50. The van der Waals surface area contributed by atoms with Gasteiger partial charge < -0.3 is 5.32 Å². The Hall–Kier alpha value is -0.640. The lowest BCUT2D eigenvalue weighted by Gasteiger charge is -2.32. The molecule has 2 rings (SSSR count). The fourth-order valence-electron chi connectivity index (χ4n) is 2.60. The van der Waals surface area contributed by atoms with Crippen molar-refractivity contribution in [2.24, 2.45) is 0 Å². The molecule has 1 unspecified atom stereocenters. The molecule has 2 nitrogen and oxygen atoms in total. The first-order chi connectivity index (χ1) is 9.18. The van der Waals surface area contributed by atoms with Crippen molar-refractivity contribution in [3.05, 3.63) is 34.6 Å². The second-order valence-electron chi connectivity index (χ2n) is 5.28. The van der Waals surface area contributed by atoms with E-state index in [-0.39, 0.29) is 5.82 Å². The predicted molar refractivity (Wildman–Crippen MR) is 78.0 cm³/mol. The highest BCUT2D eigenvalue weighted by Crippen LogP contribution is 2.18. The van der Waals surface area contributed by atoms with E-state index in [9.17, 15) is 4.39 Å². The Morgan fingerprint density at radius 1 is 1.32 bits per heavy atom. The van der Waals surface area contributed by atoms with Crippen molar-refractivity contribution >= 4 is 11.6 Å². The second-order valence-corrected chi connectivity index (χ2v) is 5.68. The Morgan fingerprint density at radius 3 is 2.74 bits per heavy atom. The third kappa shape index (κ3) is 4.16. The van der Waals surface area contributed by atoms with Crippen LogP contribution in [0, 0.1) is 5.82 Å². The van der Waals surface area contributed by atoms with Crippen LogP contribution in [0.25, 0.3) is 0 Å². The minimum atomic E-state index is -0.231. The van der Waals surface area contributed by atoms with Crippen molar-refractivity contribution in [1.82, 2.24) is 10.2 Å². The number of benzene rings is 1. The van der Waals surface area contributed by atoms with Crippen molar-refractivity contribution in [2.75, 3.05) is 19.6 Å². The summed E-state index contributed by atoms with van der Waals surface area (Å²) >= 11 is 6.00. The maximum atomic E-state index is 13.6. The quantitative estimate of drug-likeness (QED) is 0.891. The standard InChI is InChI=1S/C15H22ClFN2/c1-12(19-8-3-2-4-9-19)10-18-11-13-14(16)6-5-7-15(13)17/h5-7,12,18H,2-4,8-11H2,1H3. The minimum absolute atomic E-state index is 0.231. The fourth-order valence-corrected chi connectivity index (χ4v) is 2.83. The number of halogens is 2. The Morgan fingerprint density at radius 2 is 2.05 bits per heavy atom. The molecule has 1 fully saturated rings. The third-order valence-corrected chi connectivity index (χ3v) is 4.17. The fraction of sp³-hybridized carbons (Fsp3) is 0.600. The minimum Gasteiger partial charge on any atom is -0.311 e. The predicted octanol–water partition coefficient (Wildman–Crippen LogP) is 3.44. The summed E-state index contributed by atoms with van der Waals surface area (Å²) in [6.07, 6.45) is 3.94. The zero-order valence-electron chi connectivity index (χ0n) is 11.5. The third-order valence-electron chi connectivity index (χ3n) is 3.82. The molecule has 1 saturated heterocycles. The summed E-state index contributed by atoms with van der Waals surface area (Å²) in [6, 6.07) is 5.32. The van der Waals surface area contributed by atoms with Gasteiger partial charge in [-0.15, -0.1) is 0 Å². The van der Waals surface area contributed by atoms with Gasteiger partial charge in [-0.2, -0.15) is 0 Å². The van der Waals surface area contributed by atoms with Crippen molar-refractivity contribution in [2.45, 2.75) is 38.8 Å². The Balaban J connectivity index is 1.79. The number of hydrogen-bond donors (Lipinski definition) is 1. The first-order valence-electron chi connectivity index (χ1n) is 7.06. The molecule has 0 radical (unpaired) electrons. The average molecular weight is 285 g/mol. The maximum absolute atomic E-state index is 13.6. The molecule has 0 saturated carbocycles. The SMILES string of the molecule is CC(CNCc1c(F)cccc1Cl)N1CCCCC1. The number of hydrogen-bond acceptors (Lipinski definition) is 2.